The van der Waals surface area contributed by atoms with Crippen molar-refractivity contribution in [3.8, 4) is 11.4 Å². The molecule has 2 N–H and O–H groups in total. The summed E-state index contributed by atoms with van der Waals surface area (Å²) >= 11 is 0. The molecule has 0 aliphatic rings. The minimum Gasteiger partial charge on any atom is -0.341 e. The van der Waals surface area contributed by atoms with Crippen LogP contribution in [0.2, 0.25) is 0 Å². The molecule has 2 aromatic rings. The monoisotopic (exact) mass is 271 g/mol. The molecule has 3 nitrogen and oxygen atoms in total. The van der Waals surface area contributed by atoms with Crippen molar-refractivity contribution in [2.75, 3.05) is 0 Å². The highest BCUT2D eigenvalue weighted by atomic mass is 15.0. The molecule has 0 spiro atoms. The Balaban J connectivity index is 2.08. The standard InChI is InChI=1S/C17H25N3/c1-12(2)13-6-8-14(9-7-13)16-18-10-15(20-16)11-19-17(3,4)5/h6-10,12,19H,11H2,1-5H3,(H,18,20). The van der Waals surface area contributed by atoms with Crippen LogP contribution in [0.15, 0.2) is 30.5 Å². The topological polar surface area (TPSA) is 40.7 Å². The molecule has 20 heavy (non-hydrogen) atoms. The lowest BCUT2D eigenvalue weighted by molar-refractivity contribution is 0.422. The minimum atomic E-state index is 0.115. The molecule has 0 amide bonds. The van der Waals surface area contributed by atoms with E-state index in [1.807, 2.05) is 6.20 Å². The first-order chi connectivity index (χ1) is 9.35. The third kappa shape index (κ3) is 3.94. The van der Waals surface area contributed by atoms with Crippen LogP contribution in [0.1, 0.15) is 51.8 Å². The fraction of sp³-hybridized carbons (Fsp3) is 0.471. The van der Waals surface area contributed by atoms with Crippen molar-refractivity contribution >= 4 is 0 Å². The minimum absolute atomic E-state index is 0.115. The Morgan fingerprint density at radius 1 is 1.15 bits per heavy atom. The molecule has 0 aliphatic carbocycles. The molecule has 1 aromatic heterocycles. The van der Waals surface area contributed by atoms with E-state index >= 15 is 0 Å². The highest BCUT2D eigenvalue weighted by Crippen LogP contribution is 2.20. The van der Waals surface area contributed by atoms with Gasteiger partial charge >= 0.3 is 0 Å². The molecule has 0 unspecified atom stereocenters. The zero-order valence-electron chi connectivity index (χ0n) is 13.1. The quantitative estimate of drug-likeness (QED) is 0.879. The Bertz CT molecular complexity index is 544. The summed E-state index contributed by atoms with van der Waals surface area (Å²) in [7, 11) is 0. The Labute approximate surface area is 121 Å². The summed E-state index contributed by atoms with van der Waals surface area (Å²) in [5.74, 6) is 1.50. The first-order valence-corrected chi connectivity index (χ1v) is 7.24. The number of nitrogens with zero attached hydrogens (tertiary/aromatic N) is 1. The molecule has 0 saturated heterocycles. The summed E-state index contributed by atoms with van der Waals surface area (Å²) in [4.78, 5) is 7.84. The van der Waals surface area contributed by atoms with Crippen molar-refractivity contribution in [2.45, 2.75) is 52.6 Å². The number of rotatable bonds is 4. The molecule has 108 valence electrons. The lowest BCUT2D eigenvalue weighted by Crippen LogP contribution is -2.35. The average Bonchev–Trinajstić information content (AvgIpc) is 2.84. The predicted octanol–water partition coefficient (Wildman–Crippen LogP) is 4.09. The van der Waals surface area contributed by atoms with Gasteiger partial charge in [0, 0.05) is 29.5 Å². The van der Waals surface area contributed by atoms with Gasteiger partial charge in [-0.15, -0.1) is 0 Å². The van der Waals surface area contributed by atoms with Gasteiger partial charge in [0.25, 0.3) is 0 Å². The van der Waals surface area contributed by atoms with E-state index in [0.717, 1.165) is 23.6 Å². The van der Waals surface area contributed by atoms with Crippen molar-refractivity contribution < 1.29 is 0 Å². The first kappa shape index (κ1) is 14.8. The highest BCUT2D eigenvalue weighted by Gasteiger charge is 2.10. The van der Waals surface area contributed by atoms with Gasteiger partial charge in [0.05, 0.1) is 0 Å². The van der Waals surface area contributed by atoms with Crippen LogP contribution in [0.5, 0.6) is 0 Å². The first-order valence-electron chi connectivity index (χ1n) is 7.24. The molecular weight excluding hydrogens is 246 g/mol. The van der Waals surface area contributed by atoms with Gasteiger partial charge in [-0.25, -0.2) is 4.98 Å². The number of benzene rings is 1. The third-order valence-corrected chi connectivity index (χ3v) is 3.29. The van der Waals surface area contributed by atoms with E-state index in [4.69, 9.17) is 0 Å². The van der Waals surface area contributed by atoms with Crippen molar-refractivity contribution in [3.05, 3.63) is 41.7 Å². The van der Waals surface area contributed by atoms with Crippen LogP contribution >= 0.6 is 0 Å². The Hall–Kier alpha value is -1.61. The summed E-state index contributed by atoms with van der Waals surface area (Å²) in [5.41, 5.74) is 3.72. The van der Waals surface area contributed by atoms with Gasteiger partial charge < -0.3 is 10.3 Å². The normalized spacial score (nSPS) is 12.1. The maximum atomic E-state index is 4.47. The third-order valence-electron chi connectivity index (χ3n) is 3.29. The largest absolute Gasteiger partial charge is 0.341 e. The maximum absolute atomic E-state index is 4.47. The number of hydrogen-bond donors (Lipinski definition) is 2. The molecule has 3 heteroatoms. The Kier molecular flexibility index (Phi) is 4.29. The van der Waals surface area contributed by atoms with Gasteiger partial charge in [-0.1, -0.05) is 38.1 Å². The van der Waals surface area contributed by atoms with E-state index in [2.05, 4.69) is 74.2 Å². The number of H-pyrrole nitrogens is 1. The van der Waals surface area contributed by atoms with Gasteiger partial charge in [-0.05, 0) is 32.3 Å². The lowest BCUT2D eigenvalue weighted by Gasteiger charge is -2.19. The molecule has 0 aliphatic heterocycles. The van der Waals surface area contributed by atoms with E-state index in [9.17, 15) is 0 Å². The van der Waals surface area contributed by atoms with Crippen LogP contribution in [0, 0.1) is 0 Å². The molecule has 0 saturated carbocycles. The molecule has 2 rings (SSSR count). The van der Waals surface area contributed by atoms with Gasteiger partial charge in [0.15, 0.2) is 0 Å². The van der Waals surface area contributed by atoms with Crippen LogP contribution < -0.4 is 5.32 Å². The van der Waals surface area contributed by atoms with Crippen LogP contribution in [-0.2, 0) is 6.54 Å². The fourth-order valence-corrected chi connectivity index (χ4v) is 1.98. The predicted molar refractivity (Wildman–Crippen MR) is 84.7 cm³/mol. The fourth-order valence-electron chi connectivity index (χ4n) is 1.98. The van der Waals surface area contributed by atoms with Crippen molar-refractivity contribution in [1.82, 2.24) is 15.3 Å². The van der Waals surface area contributed by atoms with Gasteiger partial charge in [-0.3, -0.25) is 0 Å². The number of aromatic nitrogens is 2. The average molecular weight is 271 g/mol. The maximum Gasteiger partial charge on any atom is 0.137 e. The lowest BCUT2D eigenvalue weighted by atomic mass is 10.0. The van der Waals surface area contributed by atoms with Crippen LogP contribution in [0.3, 0.4) is 0 Å². The second-order valence-electron chi connectivity index (χ2n) is 6.64. The number of nitrogens with one attached hydrogen (secondary N) is 2. The molecule has 0 atom stereocenters. The second kappa shape index (κ2) is 5.80. The van der Waals surface area contributed by atoms with Crippen molar-refractivity contribution in [1.29, 1.82) is 0 Å². The van der Waals surface area contributed by atoms with Gasteiger partial charge in [0.2, 0.25) is 0 Å². The van der Waals surface area contributed by atoms with Crippen LogP contribution in [0.25, 0.3) is 11.4 Å². The summed E-state index contributed by atoms with van der Waals surface area (Å²) in [6.45, 7) is 11.7. The number of imidazole rings is 1. The molecule has 0 bridgehead atoms. The van der Waals surface area contributed by atoms with E-state index in [1.165, 1.54) is 5.56 Å². The summed E-state index contributed by atoms with van der Waals surface area (Å²) < 4.78 is 0. The Morgan fingerprint density at radius 3 is 2.35 bits per heavy atom. The molecule has 1 aromatic carbocycles. The molecule has 0 radical (unpaired) electrons. The number of hydrogen-bond acceptors (Lipinski definition) is 2. The van der Waals surface area contributed by atoms with Crippen LogP contribution in [0.4, 0.5) is 0 Å². The summed E-state index contributed by atoms with van der Waals surface area (Å²) in [6, 6.07) is 8.62. The van der Waals surface area contributed by atoms with E-state index in [1.54, 1.807) is 0 Å². The molecule has 0 fully saturated rings. The highest BCUT2D eigenvalue weighted by molar-refractivity contribution is 5.55. The smallest absolute Gasteiger partial charge is 0.137 e. The summed E-state index contributed by atoms with van der Waals surface area (Å²) in [6.07, 6.45) is 1.91. The van der Waals surface area contributed by atoms with Crippen molar-refractivity contribution in [3.63, 3.8) is 0 Å². The number of aromatic amines is 1. The second-order valence-corrected chi connectivity index (χ2v) is 6.64. The Morgan fingerprint density at radius 2 is 1.80 bits per heavy atom. The zero-order valence-corrected chi connectivity index (χ0v) is 13.1. The summed E-state index contributed by atoms with van der Waals surface area (Å²) in [5, 5.41) is 3.46. The van der Waals surface area contributed by atoms with Gasteiger partial charge in [0.1, 0.15) is 5.82 Å². The SMILES string of the molecule is CC(C)c1ccc(-c2ncc(CNC(C)(C)C)[nH]2)cc1. The van der Waals surface area contributed by atoms with E-state index < -0.39 is 0 Å². The van der Waals surface area contributed by atoms with E-state index in [-0.39, 0.29) is 5.54 Å². The molecular formula is C17H25N3. The van der Waals surface area contributed by atoms with Gasteiger partial charge in [-0.2, -0.15) is 0 Å². The van der Waals surface area contributed by atoms with E-state index in [0.29, 0.717) is 5.92 Å². The zero-order chi connectivity index (χ0) is 14.8. The molecule has 1 heterocycles. The van der Waals surface area contributed by atoms with Crippen LogP contribution in [-0.4, -0.2) is 15.5 Å². The van der Waals surface area contributed by atoms with Crippen molar-refractivity contribution in [2.24, 2.45) is 0 Å².